The number of carbonyl (C=O) groups excluding carboxylic acids is 1. The van der Waals surface area contributed by atoms with Gasteiger partial charge >= 0.3 is 0 Å². The van der Waals surface area contributed by atoms with Gasteiger partial charge in [-0.15, -0.1) is 0 Å². The Labute approximate surface area is 151 Å². The van der Waals surface area contributed by atoms with Gasteiger partial charge < -0.3 is 5.11 Å². The molecular formula is C20H26BrFO2. The highest BCUT2D eigenvalue weighted by atomic mass is 79.9. The first kappa shape index (κ1) is 17.0. The summed E-state index contributed by atoms with van der Waals surface area (Å²) in [5.41, 5.74) is -0.593. The third-order valence-corrected chi connectivity index (χ3v) is 10.1. The zero-order valence-corrected chi connectivity index (χ0v) is 16.2. The molecule has 4 aliphatic rings. The van der Waals surface area contributed by atoms with E-state index in [4.69, 9.17) is 0 Å². The number of rotatable bonds is 0. The van der Waals surface area contributed by atoms with Crippen molar-refractivity contribution < 1.29 is 14.3 Å². The summed E-state index contributed by atoms with van der Waals surface area (Å²) in [6.45, 7) is 6.04. The molecule has 7 unspecified atom stereocenters. The molecule has 0 heterocycles. The average molecular weight is 397 g/mol. The summed E-state index contributed by atoms with van der Waals surface area (Å²) in [5, 5.41) is 10.9. The number of alkyl halides is 2. The van der Waals surface area contributed by atoms with Gasteiger partial charge in [-0.05, 0) is 63.0 Å². The van der Waals surface area contributed by atoms with E-state index in [1.54, 1.807) is 12.2 Å². The Morgan fingerprint density at radius 3 is 2.67 bits per heavy atom. The molecule has 0 aromatic carbocycles. The first-order chi connectivity index (χ1) is 11.1. The molecule has 0 radical (unpaired) electrons. The highest BCUT2D eigenvalue weighted by Crippen LogP contribution is 2.71. The standard InChI is InChI=1S/C20H26BrFO2/c1-17-8-6-13(23)10-12(17)4-5-15-14-7-9-19(3,24)18(14,2)11-16(22)20(15,17)21/h6,8,10,14-16,24H,4-5,7,9,11H2,1-3H3. The summed E-state index contributed by atoms with van der Waals surface area (Å²) < 4.78 is 15.1. The van der Waals surface area contributed by atoms with Crippen molar-refractivity contribution in [3.8, 4) is 0 Å². The van der Waals surface area contributed by atoms with Gasteiger partial charge in [-0.25, -0.2) is 4.39 Å². The largest absolute Gasteiger partial charge is 0.390 e. The molecule has 0 bridgehead atoms. The van der Waals surface area contributed by atoms with Crippen molar-refractivity contribution in [2.75, 3.05) is 0 Å². The van der Waals surface area contributed by atoms with Crippen molar-refractivity contribution in [3.05, 3.63) is 23.8 Å². The maximum Gasteiger partial charge on any atom is 0.178 e. The molecule has 0 saturated heterocycles. The van der Waals surface area contributed by atoms with Crippen LogP contribution in [0.4, 0.5) is 4.39 Å². The Morgan fingerprint density at radius 2 is 1.96 bits per heavy atom. The van der Waals surface area contributed by atoms with Gasteiger partial charge in [-0.3, -0.25) is 4.79 Å². The Hall–Kier alpha value is -0.480. The number of ketones is 1. The van der Waals surface area contributed by atoms with E-state index in [1.807, 2.05) is 13.0 Å². The number of hydrogen-bond donors (Lipinski definition) is 1. The number of aliphatic hydroxyl groups is 1. The third kappa shape index (κ3) is 1.77. The van der Waals surface area contributed by atoms with Gasteiger partial charge in [0.2, 0.25) is 0 Å². The van der Waals surface area contributed by atoms with Crippen LogP contribution in [0.3, 0.4) is 0 Å². The molecule has 0 amide bonds. The maximum absolute atomic E-state index is 15.7. The van der Waals surface area contributed by atoms with Crippen molar-refractivity contribution in [2.24, 2.45) is 22.7 Å². The smallest absolute Gasteiger partial charge is 0.178 e. The lowest BCUT2D eigenvalue weighted by atomic mass is 9.46. The Balaban J connectivity index is 1.84. The molecule has 4 heteroatoms. The molecule has 0 aromatic heterocycles. The summed E-state index contributed by atoms with van der Waals surface area (Å²) in [4.78, 5) is 11.8. The van der Waals surface area contributed by atoms with Crippen LogP contribution in [-0.4, -0.2) is 27.0 Å². The molecular weight excluding hydrogens is 371 g/mol. The van der Waals surface area contributed by atoms with Crippen LogP contribution in [0.5, 0.6) is 0 Å². The van der Waals surface area contributed by atoms with E-state index in [9.17, 15) is 9.90 Å². The van der Waals surface area contributed by atoms with Crippen molar-refractivity contribution >= 4 is 21.7 Å². The fourth-order valence-corrected chi connectivity index (χ4v) is 7.46. The number of fused-ring (bicyclic) bond motifs is 5. The molecule has 1 N–H and O–H groups in total. The highest BCUT2D eigenvalue weighted by molar-refractivity contribution is 9.10. The fraction of sp³-hybridized carbons (Fsp3) is 0.750. The summed E-state index contributed by atoms with van der Waals surface area (Å²) in [6.07, 6.45) is 7.96. The molecule has 132 valence electrons. The number of hydrogen-bond acceptors (Lipinski definition) is 2. The topological polar surface area (TPSA) is 37.3 Å². The third-order valence-electron chi connectivity index (χ3n) is 8.16. The Kier molecular flexibility index (Phi) is 3.41. The first-order valence-electron chi connectivity index (χ1n) is 9.06. The van der Waals surface area contributed by atoms with E-state index in [1.165, 1.54) is 0 Å². The van der Waals surface area contributed by atoms with Crippen molar-refractivity contribution in [1.82, 2.24) is 0 Å². The normalized spacial score (nSPS) is 56.3. The molecule has 3 fully saturated rings. The molecule has 24 heavy (non-hydrogen) atoms. The summed E-state index contributed by atoms with van der Waals surface area (Å²) in [6, 6.07) is 0. The highest BCUT2D eigenvalue weighted by Gasteiger charge is 2.71. The molecule has 4 rings (SSSR count). The Morgan fingerprint density at radius 1 is 1.25 bits per heavy atom. The minimum Gasteiger partial charge on any atom is -0.390 e. The molecule has 4 aliphatic carbocycles. The average Bonchev–Trinajstić information content (AvgIpc) is 2.72. The van der Waals surface area contributed by atoms with Crippen LogP contribution < -0.4 is 0 Å². The summed E-state index contributed by atoms with van der Waals surface area (Å²) >= 11 is 3.89. The van der Waals surface area contributed by atoms with Crippen molar-refractivity contribution in [3.63, 3.8) is 0 Å². The van der Waals surface area contributed by atoms with Crippen LogP contribution in [0.1, 0.15) is 52.9 Å². The van der Waals surface area contributed by atoms with Crippen LogP contribution in [0.2, 0.25) is 0 Å². The summed E-state index contributed by atoms with van der Waals surface area (Å²) in [5.74, 6) is 0.486. The Bertz CT molecular complexity index is 669. The predicted molar refractivity (Wildman–Crippen MR) is 95.7 cm³/mol. The number of carbonyl (C=O) groups is 1. The number of halogens is 2. The lowest BCUT2D eigenvalue weighted by Crippen LogP contribution is -2.66. The quantitative estimate of drug-likeness (QED) is 0.611. The van der Waals surface area contributed by atoms with Gasteiger partial charge in [-0.2, -0.15) is 0 Å². The van der Waals surface area contributed by atoms with Gasteiger partial charge in [0, 0.05) is 10.8 Å². The van der Waals surface area contributed by atoms with E-state index in [0.717, 1.165) is 31.3 Å². The molecule has 0 spiro atoms. The lowest BCUT2D eigenvalue weighted by molar-refractivity contribution is -0.127. The van der Waals surface area contributed by atoms with Crippen LogP contribution in [0.15, 0.2) is 23.8 Å². The second kappa shape index (κ2) is 4.82. The minimum absolute atomic E-state index is 0.0110. The van der Waals surface area contributed by atoms with E-state index in [0.29, 0.717) is 12.3 Å². The molecule has 0 aromatic rings. The van der Waals surface area contributed by atoms with Crippen LogP contribution in [0.25, 0.3) is 0 Å². The van der Waals surface area contributed by atoms with Gasteiger partial charge in [0.25, 0.3) is 0 Å². The first-order valence-corrected chi connectivity index (χ1v) is 9.85. The van der Waals surface area contributed by atoms with Crippen LogP contribution >= 0.6 is 15.9 Å². The minimum atomic E-state index is -1.06. The number of allylic oxidation sites excluding steroid dienone is 4. The van der Waals surface area contributed by atoms with Crippen molar-refractivity contribution in [1.29, 1.82) is 0 Å². The van der Waals surface area contributed by atoms with Gasteiger partial charge in [0.05, 0.1) is 9.93 Å². The van der Waals surface area contributed by atoms with E-state index in [-0.39, 0.29) is 17.1 Å². The zero-order valence-electron chi connectivity index (χ0n) is 14.6. The second-order valence-electron chi connectivity index (χ2n) is 9.03. The van der Waals surface area contributed by atoms with Gasteiger partial charge in [0.15, 0.2) is 5.78 Å². The van der Waals surface area contributed by atoms with E-state index in [2.05, 4.69) is 29.8 Å². The van der Waals surface area contributed by atoms with Crippen LogP contribution in [-0.2, 0) is 4.79 Å². The molecule has 7 atom stereocenters. The molecule has 3 saturated carbocycles. The fourth-order valence-electron chi connectivity index (χ4n) is 6.37. The zero-order chi connectivity index (χ0) is 17.5. The second-order valence-corrected chi connectivity index (χ2v) is 10.3. The summed E-state index contributed by atoms with van der Waals surface area (Å²) in [7, 11) is 0. The lowest BCUT2D eigenvalue weighted by Gasteiger charge is -2.63. The van der Waals surface area contributed by atoms with Gasteiger partial charge in [-0.1, -0.05) is 41.4 Å². The van der Waals surface area contributed by atoms with E-state index < -0.39 is 21.5 Å². The van der Waals surface area contributed by atoms with Crippen molar-refractivity contribution in [2.45, 2.75) is 69.0 Å². The van der Waals surface area contributed by atoms with E-state index >= 15 is 4.39 Å². The van der Waals surface area contributed by atoms with Crippen LogP contribution in [0, 0.1) is 22.7 Å². The maximum atomic E-state index is 15.7. The molecule has 0 aliphatic heterocycles. The monoisotopic (exact) mass is 396 g/mol. The molecule has 2 nitrogen and oxygen atoms in total. The SMILES string of the molecule is CC1(O)CCC2C3CCC4=CC(=O)C=CC4(C)C3(Br)C(F)CC21C. The van der Waals surface area contributed by atoms with Gasteiger partial charge in [0.1, 0.15) is 6.17 Å². The predicted octanol–water partition coefficient (Wildman–Crippen LogP) is 4.51.